The molecule has 61 heavy (non-hydrogen) atoms. The largest absolute Gasteiger partial charge is 0.497 e. The quantitative estimate of drug-likeness (QED) is 0.169. The summed E-state index contributed by atoms with van der Waals surface area (Å²) < 4.78 is 53.1. The zero-order chi connectivity index (χ0) is 43.9. The molecule has 3 N–H and O–H groups in total. The van der Waals surface area contributed by atoms with Crippen molar-refractivity contribution in [2.24, 2.45) is 16.7 Å². The molecule has 3 heterocycles. The van der Waals surface area contributed by atoms with E-state index in [1.165, 1.54) is 51.7 Å². The lowest BCUT2D eigenvalue weighted by molar-refractivity contribution is -0.338. The Bertz CT molecular complexity index is 2100. The Morgan fingerprint density at radius 1 is 1.02 bits per heavy atom. The molecule has 0 unspecified atom stereocenters. The van der Waals surface area contributed by atoms with Crippen LogP contribution in [0.4, 0.5) is 4.79 Å². The van der Waals surface area contributed by atoms with Gasteiger partial charge in [0.2, 0.25) is 0 Å². The number of ketones is 1. The molecule has 11 atom stereocenters. The van der Waals surface area contributed by atoms with Gasteiger partial charge in [0.15, 0.2) is 17.5 Å². The number of alkyl carbamates (subject to hydrolysis) is 1. The number of Topliss-reactive ketones (excluding diaryl/α,β-unsaturated/α-hetero) is 1. The van der Waals surface area contributed by atoms with Crippen molar-refractivity contribution in [3.63, 3.8) is 0 Å². The van der Waals surface area contributed by atoms with Crippen LogP contribution in [0.3, 0.4) is 0 Å². The van der Waals surface area contributed by atoms with E-state index in [-0.39, 0.29) is 43.1 Å². The van der Waals surface area contributed by atoms with Gasteiger partial charge in [-0.25, -0.2) is 14.4 Å². The van der Waals surface area contributed by atoms with E-state index in [2.05, 4.69) is 5.32 Å². The summed E-state index contributed by atoms with van der Waals surface area (Å²) in [6, 6.07) is 5.98. The molecule has 2 aromatic rings. The number of carbonyl (C=O) groups is 5. The minimum absolute atomic E-state index is 0. The number of esters is 3. The first-order valence-corrected chi connectivity index (χ1v) is 19.8. The highest BCUT2D eigenvalue weighted by molar-refractivity contribution is 5.96. The molecule has 0 spiro atoms. The topological polar surface area (TPSA) is 225 Å². The summed E-state index contributed by atoms with van der Waals surface area (Å²) in [5, 5.41) is 27.7. The second kappa shape index (κ2) is 15.7. The van der Waals surface area contributed by atoms with E-state index in [0.29, 0.717) is 11.3 Å². The Hall–Kier alpha value is -4.97. The number of benzene rings is 1. The van der Waals surface area contributed by atoms with Gasteiger partial charge in [-0.15, -0.1) is 0 Å². The van der Waals surface area contributed by atoms with Gasteiger partial charge in [-0.3, -0.25) is 9.59 Å². The molecule has 17 heteroatoms. The summed E-state index contributed by atoms with van der Waals surface area (Å²) >= 11 is 0. The summed E-state index contributed by atoms with van der Waals surface area (Å²) in [7, 11) is 2.79. The highest BCUT2D eigenvalue weighted by atomic mass is 16.6. The van der Waals surface area contributed by atoms with Gasteiger partial charge in [-0.1, -0.05) is 21.3 Å². The van der Waals surface area contributed by atoms with Gasteiger partial charge in [0.05, 0.1) is 44.5 Å². The smallest absolute Gasteiger partial charge is 0.408 e. The number of fused-ring (bicyclic) bond motifs is 6. The SMILES string of the molecule is C.COc1ccc(OC)c(C(=O)O[C@H]2[C@@H]3[C@]4(OC(C)=O)CO[C@@H]4C[C@H]4O[C@H](C(=O)[C@@]34C)C3=C(C)[C@@H](OC(=O)[C@H](O)[C@@H](NC(=O)OC(C)(C)C)c4ccco4)C[C@]2(O)C3(C)C)c1. The molecule has 1 amide bonds. The van der Waals surface area contributed by atoms with Crippen LogP contribution in [0.1, 0.15) is 97.8 Å². The molecule has 0 radical (unpaired) electrons. The standard InChI is InChI=1S/C43H53NO16.CH4/c1-20-26(56-37(49)31(46)30(25-12-11-15-54-25)44-38(50)60-39(3,4)5)18-43(51)35(58-36(48)23-16-22(52-9)13-14-24(23)53-10)33-41(8)27(17-28-42(33,19-55-28)59-21(2)45)57-32(34(41)47)29(20)40(43,6)7;/h11-16,26-28,30-33,35,46,51H,17-19H2,1-10H3,(H,44,50);1H4/t26-,27+,28+,30-,31+,32-,33-,35-,41+,42-,43+;/m0./s1. The van der Waals surface area contributed by atoms with E-state index in [9.17, 15) is 29.4 Å². The molecule has 4 bridgehead atoms. The van der Waals surface area contributed by atoms with E-state index in [1.54, 1.807) is 54.5 Å². The molecule has 1 aromatic heterocycles. The number of aliphatic hydroxyl groups excluding tert-OH is 1. The zero-order valence-electron chi connectivity index (χ0n) is 35.3. The molecule has 334 valence electrons. The van der Waals surface area contributed by atoms with Gasteiger partial charge in [0.25, 0.3) is 0 Å². The van der Waals surface area contributed by atoms with Crippen LogP contribution in [0.25, 0.3) is 0 Å². The van der Waals surface area contributed by atoms with Crippen molar-refractivity contribution in [1.82, 2.24) is 5.32 Å². The first-order valence-electron chi connectivity index (χ1n) is 19.8. The fraction of sp³-hybridized carbons (Fsp3) is 0.614. The Morgan fingerprint density at radius 2 is 1.72 bits per heavy atom. The van der Waals surface area contributed by atoms with Crippen LogP contribution in [0.2, 0.25) is 0 Å². The van der Waals surface area contributed by atoms with Gasteiger partial charge in [0.1, 0.15) is 64.5 Å². The first-order chi connectivity index (χ1) is 28.0. The third kappa shape index (κ3) is 7.16. The molecular weight excluding hydrogens is 798 g/mol. The lowest BCUT2D eigenvalue weighted by Crippen LogP contribution is -2.80. The number of hydrogen-bond acceptors (Lipinski definition) is 16. The molecule has 1 aromatic carbocycles. The van der Waals surface area contributed by atoms with Crippen LogP contribution < -0.4 is 14.8 Å². The predicted molar refractivity (Wildman–Crippen MR) is 212 cm³/mol. The highest BCUT2D eigenvalue weighted by Crippen LogP contribution is 2.67. The maximum absolute atomic E-state index is 15.2. The van der Waals surface area contributed by atoms with Gasteiger partial charge in [-0.05, 0) is 76.1 Å². The molecule has 4 fully saturated rings. The van der Waals surface area contributed by atoms with E-state index in [1.807, 2.05) is 0 Å². The fourth-order valence-electron chi connectivity index (χ4n) is 10.2. The summed E-state index contributed by atoms with van der Waals surface area (Å²) in [6.45, 7) is 12.6. The number of rotatable bonds is 10. The number of ether oxygens (including phenoxy) is 8. The number of methoxy groups -OCH3 is 2. The number of furan rings is 1. The van der Waals surface area contributed by atoms with Crippen LogP contribution in [0, 0.1) is 16.7 Å². The highest BCUT2D eigenvalue weighted by Gasteiger charge is 2.80. The molecule has 3 aliphatic carbocycles. The molecule has 5 aliphatic rings. The Morgan fingerprint density at radius 3 is 2.30 bits per heavy atom. The third-order valence-electron chi connectivity index (χ3n) is 13.1. The average molecular weight is 856 g/mol. The van der Waals surface area contributed by atoms with E-state index in [0.717, 1.165) is 0 Å². The van der Waals surface area contributed by atoms with E-state index in [4.69, 9.17) is 42.3 Å². The Balaban J connectivity index is 0.00000622. The van der Waals surface area contributed by atoms with Crippen molar-refractivity contribution in [3.05, 3.63) is 59.1 Å². The van der Waals surface area contributed by atoms with Crippen molar-refractivity contribution in [2.45, 2.75) is 135 Å². The summed E-state index contributed by atoms with van der Waals surface area (Å²) in [5.41, 5.74) is -7.11. The van der Waals surface area contributed by atoms with E-state index >= 15 is 4.79 Å². The number of amides is 1. The predicted octanol–water partition coefficient (Wildman–Crippen LogP) is 4.55. The van der Waals surface area contributed by atoms with E-state index < -0.39 is 112 Å². The van der Waals surface area contributed by atoms with Crippen molar-refractivity contribution in [1.29, 1.82) is 0 Å². The molecule has 2 saturated heterocycles. The van der Waals surface area contributed by atoms with Crippen LogP contribution in [0.15, 0.2) is 52.2 Å². The summed E-state index contributed by atoms with van der Waals surface area (Å²) in [6.07, 6.45) is -8.01. The van der Waals surface area contributed by atoms with Crippen LogP contribution in [-0.4, -0.2) is 114 Å². The number of carbonyl (C=O) groups excluding carboxylic acids is 5. The van der Waals surface area contributed by atoms with Crippen molar-refractivity contribution >= 4 is 29.8 Å². The number of aliphatic hydroxyl groups is 2. The second-order valence-corrected chi connectivity index (χ2v) is 18.0. The average Bonchev–Trinajstić information content (AvgIpc) is 3.78. The third-order valence-corrected chi connectivity index (χ3v) is 13.1. The number of nitrogens with one attached hydrogen (secondary N) is 1. The fourth-order valence-corrected chi connectivity index (χ4v) is 10.2. The molecular formula is C44H57NO16. The maximum Gasteiger partial charge on any atom is 0.408 e. The molecule has 2 saturated carbocycles. The normalized spacial score (nSPS) is 32.9. The number of hydrogen-bond donors (Lipinski definition) is 3. The van der Waals surface area contributed by atoms with Crippen LogP contribution in [0.5, 0.6) is 11.5 Å². The first kappa shape index (κ1) is 45.6. The minimum Gasteiger partial charge on any atom is -0.497 e. The molecule has 17 nitrogen and oxygen atoms in total. The summed E-state index contributed by atoms with van der Waals surface area (Å²) in [5.74, 6) is -4.12. The molecule has 7 rings (SSSR count). The lowest BCUT2D eigenvalue weighted by Gasteiger charge is -2.65. The zero-order valence-corrected chi connectivity index (χ0v) is 35.3. The monoisotopic (exact) mass is 855 g/mol. The maximum atomic E-state index is 15.2. The van der Waals surface area contributed by atoms with Crippen molar-refractivity contribution in [3.8, 4) is 11.5 Å². The van der Waals surface area contributed by atoms with Crippen LogP contribution >= 0.6 is 0 Å². The second-order valence-electron chi connectivity index (χ2n) is 18.0. The summed E-state index contributed by atoms with van der Waals surface area (Å²) in [4.78, 5) is 69.8. The van der Waals surface area contributed by atoms with Gasteiger partial charge in [-0.2, -0.15) is 0 Å². The minimum atomic E-state index is -2.22. The van der Waals surface area contributed by atoms with Crippen LogP contribution in [-0.2, 0) is 42.8 Å². The Kier molecular flexibility index (Phi) is 11.8. The van der Waals surface area contributed by atoms with Crippen molar-refractivity contribution < 1.29 is 76.5 Å². The lowest BCUT2D eigenvalue weighted by atomic mass is 9.46. The van der Waals surface area contributed by atoms with Gasteiger partial charge < -0.3 is 57.8 Å². The molecule has 2 aliphatic heterocycles. The van der Waals surface area contributed by atoms with Gasteiger partial charge in [0, 0.05) is 25.2 Å². The van der Waals surface area contributed by atoms with Crippen molar-refractivity contribution in [2.75, 3.05) is 20.8 Å². The Labute approximate surface area is 354 Å². The van der Waals surface area contributed by atoms with Gasteiger partial charge >= 0.3 is 24.0 Å².